The summed E-state index contributed by atoms with van der Waals surface area (Å²) >= 11 is 0. The zero-order valence-electron chi connectivity index (χ0n) is 19.9. The molecule has 0 spiro atoms. The largest absolute Gasteiger partial charge is 0.294 e. The average Bonchev–Trinajstić information content (AvgIpc) is 2.86. The third kappa shape index (κ3) is 6.46. The minimum Gasteiger partial charge on any atom is -0.282 e. The molecule has 3 atom stereocenters. The van der Waals surface area contributed by atoms with Crippen molar-refractivity contribution >= 4 is 47.2 Å². The molecule has 0 radical (unpaired) electrons. The molecule has 4 rings (SSSR count). The summed E-state index contributed by atoms with van der Waals surface area (Å²) < 4.78 is 33.4. The van der Waals surface area contributed by atoms with E-state index in [2.05, 4.69) is 86.6 Å². The van der Waals surface area contributed by atoms with Gasteiger partial charge in [0.1, 0.15) is 0 Å². The van der Waals surface area contributed by atoms with Gasteiger partial charge in [0.15, 0.2) is 0 Å². The van der Waals surface area contributed by atoms with Crippen LogP contribution in [-0.2, 0) is 10.1 Å². The Morgan fingerprint density at radius 2 is 0.971 bits per heavy atom. The lowest BCUT2D eigenvalue weighted by molar-refractivity contribution is 0.483. The van der Waals surface area contributed by atoms with Gasteiger partial charge in [-0.3, -0.25) is 4.55 Å². The highest BCUT2D eigenvalue weighted by Crippen LogP contribution is 2.48. The van der Waals surface area contributed by atoms with Crippen molar-refractivity contribution in [2.45, 2.75) is 36.5 Å². The minimum absolute atomic E-state index is 0.0468. The molecule has 0 saturated carbocycles. The molecule has 0 fully saturated rings. The first kappa shape index (κ1) is 25.7. The third-order valence-corrected chi connectivity index (χ3v) is 12.5. The summed E-state index contributed by atoms with van der Waals surface area (Å²) in [7, 11) is -5.65. The van der Waals surface area contributed by atoms with Crippen LogP contribution in [0.2, 0.25) is 0 Å². The summed E-state index contributed by atoms with van der Waals surface area (Å²) in [5, 5.41) is 4.90. The Bertz CT molecular complexity index is 1290. The van der Waals surface area contributed by atoms with Crippen molar-refractivity contribution < 1.29 is 13.0 Å². The molecule has 0 aromatic heterocycles. The maximum absolute atomic E-state index is 11.9. The summed E-state index contributed by atoms with van der Waals surface area (Å²) in [6, 6.07) is 38.7. The van der Waals surface area contributed by atoms with Crippen molar-refractivity contribution in [2.24, 2.45) is 0 Å². The van der Waals surface area contributed by atoms with Crippen LogP contribution >= 0.6 is 15.8 Å². The fourth-order valence-electron chi connectivity index (χ4n) is 4.58. The maximum Gasteiger partial charge on any atom is 0.294 e. The minimum atomic E-state index is -4.26. The molecule has 180 valence electrons. The number of hydrogen-bond donors (Lipinski definition) is 1. The Morgan fingerprint density at radius 3 is 1.37 bits per heavy atom. The standard InChI is InChI=1S/C29H30O3P2S/c1-23(33(25-13-6-3-7-14-25)26-15-8-4-9-16-26)21-24(2)34(27-17-10-5-11-18-27)28-19-12-20-29(22-28)35(30,31)32/h3-20,22-24H,21H2,1-2H3,(H,30,31,32). The highest BCUT2D eigenvalue weighted by atomic mass is 32.2. The van der Waals surface area contributed by atoms with E-state index < -0.39 is 26.0 Å². The Balaban J connectivity index is 1.70. The zero-order valence-corrected chi connectivity index (χ0v) is 22.5. The van der Waals surface area contributed by atoms with E-state index in [9.17, 15) is 13.0 Å². The van der Waals surface area contributed by atoms with Gasteiger partial charge in [-0.15, -0.1) is 0 Å². The smallest absolute Gasteiger partial charge is 0.282 e. The lowest BCUT2D eigenvalue weighted by atomic mass is 10.3. The molecular formula is C29H30O3P2S. The molecule has 0 heterocycles. The van der Waals surface area contributed by atoms with Gasteiger partial charge >= 0.3 is 0 Å². The Hall–Kier alpha value is -2.35. The van der Waals surface area contributed by atoms with E-state index in [1.165, 1.54) is 22.0 Å². The van der Waals surface area contributed by atoms with Crippen LogP contribution in [0.25, 0.3) is 0 Å². The number of benzene rings is 4. The monoisotopic (exact) mass is 520 g/mol. The van der Waals surface area contributed by atoms with Crippen molar-refractivity contribution in [2.75, 3.05) is 0 Å². The molecule has 0 saturated heterocycles. The van der Waals surface area contributed by atoms with Crippen LogP contribution < -0.4 is 21.2 Å². The topological polar surface area (TPSA) is 54.4 Å². The molecule has 3 nitrogen and oxygen atoms in total. The molecule has 0 amide bonds. The SMILES string of the molecule is CC(CC(C)P(c1ccccc1)c1cccc(S(=O)(=O)O)c1)P(c1ccccc1)c1ccccc1. The van der Waals surface area contributed by atoms with Gasteiger partial charge in [0, 0.05) is 0 Å². The summed E-state index contributed by atoms with van der Waals surface area (Å²) in [6.07, 6.45) is 0.992. The summed E-state index contributed by atoms with van der Waals surface area (Å²) in [4.78, 5) is -0.0468. The predicted molar refractivity (Wildman–Crippen MR) is 151 cm³/mol. The Labute approximate surface area is 211 Å². The lowest BCUT2D eigenvalue weighted by Crippen LogP contribution is -2.26. The third-order valence-electron chi connectivity index (χ3n) is 6.06. The van der Waals surface area contributed by atoms with Crippen LogP contribution in [0, 0.1) is 0 Å². The van der Waals surface area contributed by atoms with Crippen molar-refractivity contribution in [3.05, 3.63) is 115 Å². The van der Waals surface area contributed by atoms with Crippen LogP contribution in [0.15, 0.2) is 120 Å². The molecule has 0 aliphatic heterocycles. The van der Waals surface area contributed by atoms with Crippen molar-refractivity contribution in [3.8, 4) is 0 Å². The molecule has 3 unspecified atom stereocenters. The molecule has 1 N–H and O–H groups in total. The summed E-state index contributed by atoms with van der Waals surface area (Å²) in [6.45, 7) is 4.62. The van der Waals surface area contributed by atoms with Gasteiger partial charge in [-0.2, -0.15) is 8.42 Å². The first-order valence-electron chi connectivity index (χ1n) is 11.7. The molecule has 4 aromatic rings. The van der Waals surface area contributed by atoms with Crippen LogP contribution in [0.4, 0.5) is 0 Å². The fourth-order valence-corrected chi connectivity index (χ4v) is 11.1. The second-order valence-electron chi connectivity index (χ2n) is 8.65. The molecule has 6 heteroatoms. The van der Waals surface area contributed by atoms with Gasteiger partial charge < -0.3 is 0 Å². The zero-order chi connectivity index (χ0) is 24.8. The van der Waals surface area contributed by atoms with Crippen molar-refractivity contribution in [3.63, 3.8) is 0 Å². The molecule has 0 aliphatic rings. The van der Waals surface area contributed by atoms with E-state index in [1.807, 2.05) is 24.3 Å². The molecule has 35 heavy (non-hydrogen) atoms. The molecule has 4 aromatic carbocycles. The summed E-state index contributed by atoms with van der Waals surface area (Å²) in [5.41, 5.74) is 0.722. The molecular weight excluding hydrogens is 490 g/mol. The van der Waals surface area contributed by atoms with Crippen LogP contribution in [0.5, 0.6) is 0 Å². The van der Waals surface area contributed by atoms with Gasteiger partial charge in [-0.1, -0.05) is 117 Å². The normalized spacial score (nSPS) is 14.4. The maximum atomic E-state index is 11.9. The van der Waals surface area contributed by atoms with Crippen molar-refractivity contribution in [1.82, 2.24) is 0 Å². The average molecular weight is 521 g/mol. The quantitative estimate of drug-likeness (QED) is 0.229. The van der Waals surface area contributed by atoms with Gasteiger partial charge in [0.05, 0.1) is 4.90 Å². The van der Waals surface area contributed by atoms with Gasteiger partial charge in [0.25, 0.3) is 10.1 Å². The van der Waals surface area contributed by atoms with E-state index in [-0.39, 0.29) is 4.90 Å². The first-order chi connectivity index (χ1) is 16.8. The van der Waals surface area contributed by atoms with E-state index in [0.717, 1.165) is 11.7 Å². The van der Waals surface area contributed by atoms with Gasteiger partial charge in [0.2, 0.25) is 0 Å². The first-order valence-corrected chi connectivity index (χ1v) is 15.9. The highest BCUT2D eigenvalue weighted by molar-refractivity contribution is 7.86. The van der Waals surface area contributed by atoms with Crippen LogP contribution in [-0.4, -0.2) is 24.3 Å². The molecule has 0 bridgehead atoms. The van der Waals surface area contributed by atoms with E-state index >= 15 is 0 Å². The van der Waals surface area contributed by atoms with Crippen molar-refractivity contribution in [1.29, 1.82) is 0 Å². The lowest BCUT2D eigenvalue weighted by Gasteiger charge is -2.32. The number of rotatable bonds is 9. The van der Waals surface area contributed by atoms with Gasteiger partial charge in [-0.05, 0) is 66.9 Å². The Morgan fingerprint density at radius 1 is 0.600 bits per heavy atom. The summed E-state index contributed by atoms with van der Waals surface area (Å²) in [5.74, 6) is 0. The fraction of sp³-hybridized carbons (Fsp3) is 0.172. The van der Waals surface area contributed by atoms with Crippen LogP contribution in [0.1, 0.15) is 20.3 Å². The predicted octanol–water partition coefficient (Wildman–Crippen LogP) is 5.67. The Kier molecular flexibility index (Phi) is 8.52. The van der Waals surface area contributed by atoms with Crippen LogP contribution in [0.3, 0.4) is 0 Å². The van der Waals surface area contributed by atoms with Gasteiger partial charge in [-0.25, -0.2) is 0 Å². The number of hydrogen-bond acceptors (Lipinski definition) is 2. The van der Waals surface area contributed by atoms with E-state index in [1.54, 1.807) is 12.1 Å². The highest BCUT2D eigenvalue weighted by Gasteiger charge is 2.28. The molecule has 0 aliphatic carbocycles. The second-order valence-corrected chi connectivity index (χ2v) is 15.4. The van der Waals surface area contributed by atoms with E-state index in [4.69, 9.17) is 0 Å². The second kappa shape index (κ2) is 11.6. The van der Waals surface area contributed by atoms with E-state index in [0.29, 0.717) is 11.3 Å².